The van der Waals surface area contributed by atoms with E-state index in [1.54, 1.807) is 6.08 Å². The van der Waals surface area contributed by atoms with Gasteiger partial charge in [-0.15, -0.1) is 0 Å². The third-order valence-corrected chi connectivity index (χ3v) is 4.77. The van der Waals surface area contributed by atoms with Crippen LogP contribution in [0, 0.1) is 5.92 Å². The van der Waals surface area contributed by atoms with E-state index in [2.05, 4.69) is 17.6 Å². The zero-order valence-corrected chi connectivity index (χ0v) is 17.0. The van der Waals surface area contributed by atoms with E-state index in [4.69, 9.17) is 4.74 Å². The molecule has 1 unspecified atom stereocenters. The van der Waals surface area contributed by atoms with Crippen LogP contribution in [-0.4, -0.2) is 18.4 Å². The van der Waals surface area contributed by atoms with Crippen LogP contribution in [0.15, 0.2) is 54.6 Å². The third-order valence-electron chi connectivity index (χ3n) is 4.77. The van der Waals surface area contributed by atoms with Crippen molar-refractivity contribution in [2.75, 3.05) is 11.9 Å². The number of anilines is 1. The Morgan fingerprint density at radius 1 is 1.10 bits per heavy atom. The number of carbonyl (C=O) groups is 2. The minimum absolute atomic E-state index is 0.0918. The van der Waals surface area contributed by atoms with Crippen molar-refractivity contribution < 1.29 is 14.3 Å². The highest BCUT2D eigenvalue weighted by molar-refractivity contribution is 5.94. The third kappa shape index (κ3) is 6.49. The van der Waals surface area contributed by atoms with Crippen molar-refractivity contribution in [3.8, 4) is 5.75 Å². The number of rotatable bonds is 9. The predicted molar refractivity (Wildman–Crippen MR) is 116 cm³/mol. The van der Waals surface area contributed by atoms with Gasteiger partial charge in [-0.05, 0) is 67.7 Å². The minimum Gasteiger partial charge on any atom is -0.494 e. The van der Waals surface area contributed by atoms with Crippen molar-refractivity contribution in [3.05, 3.63) is 65.7 Å². The molecule has 0 spiro atoms. The van der Waals surface area contributed by atoms with Gasteiger partial charge in [-0.1, -0.05) is 31.2 Å². The second kappa shape index (κ2) is 9.92. The van der Waals surface area contributed by atoms with Crippen LogP contribution in [0.25, 0.3) is 6.08 Å². The molecular formula is C24H28N2O3. The molecular weight excluding hydrogens is 364 g/mol. The van der Waals surface area contributed by atoms with Gasteiger partial charge in [0.05, 0.1) is 12.6 Å². The molecule has 1 aliphatic rings. The molecule has 1 saturated carbocycles. The summed E-state index contributed by atoms with van der Waals surface area (Å²) in [5, 5.41) is 5.87. The first-order valence-corrected chi connectivity index (χ1v) is 10.2. The first kappa shape index (κ1) is 20.6. The lowest BCUT2D eigenvalue weighted by Crippen LogP contribution is -2.24. The van der Waals surface area contributed by atoms with Crippen LogP contribution in [0.2, 0.25) is 0 Å². The average molecular weight is 392 g/mol. The summed E-state index contributed by atoms with van der Waals surface area (Å²) < 4.78 is 5.56. The Balaban J connectivity index is 1.49. The highest BCUT2D eigenvalue weighted by Crippen LogP contribution is 2.30. The summed E-state index contributed by atoms with van der Waals surface area (Å²) in [4.78, 5) is 24.0. The number of nitrogens with one attached hydrogen (secondary N) is 2. The minimum atomic E-state index is -0.157. The maximum absolute atomic E-state index is 12.2. The van der Waals surface area contributed by atoms with E-state index in [9.17, 15) is 9.59 Å². The van der Waals surface area contributed by atoms with Crippen molar-refractivity contribution in [2.45, 2.75) is 39.2 Å². The van der Waals surface area contributed by atoms with Crippen molar-refractivity contribution in [1.82, 2.24) is 5.32 Å². The van der Waals surface area contributed by atoms with Gasteiger partial charge in [0.25, 0.3) is 0 Å². The van der Waals surface area contributed by atoms with Crippen LogP contribution in [0.3, 0.4) is 0 Å². The lowest BCUT2D eigenvalue weighted by Gasteiger charge is -2.14. The number of benzene rings is 2. The monoisotopic (exact) mass is 392 g/mol. The summed E-state index contributed by atoms with van der Waals surface area (Å²) >= 11 is 0. The first-order valence-electron chi connectivity index (χ1n) is 10.2. The van der Waals surface area contributed by atoms with Crippen LogP contribution in [0.5, 0.6) is 5.75 Å². The lowest BCUT2D eigenvalue weighted by molar-refractivity contribution is -0.118. The number of hydrogen-bond donors (Lipinski definition) is 2. The Morgan fingerprint density at radius 2 is 1.79 bits per heavy atom. The molecule has 2 aromatic rings. The number of amides is 2. The molecule has 0 heterocycles. The van der Waals surface area contributed by atoms with E-state index in [1.807, 2.05) is 55.5 Å². The van der Waals surface area contributed by atoms with Gasteiger partial charge in [-0.2, -0.15) is 0 Å². The van der Waals surface area contributed by atoms with Crippen LogP contribution in [0.4, 0.5) is 5.69 Å². The predicted octanol–water partition coefficient (Wildman–Crippen LogP) is 4.71. The van der Waals surface area contributed by atoms with Gasteiger partial charge in [0, 0.05) is 17.7 Å². The molecule has 5 heteroatoms. The normalized spacial score (nSPS) is 14.4. The van der Waals surface area contributed by atoms with Gasteiger partial charge in [0.15, 0.2) is 0 Å². The Labute approximate surface area is 172 Å². The SMILES string of the molecule is CCCOc1ccc(/C=C/C(=O)NC(C)c2ccc(NC(=O)C3CC3)cc2)cc1. The largest absolute Gasteiger partial charge is 0.494 e. The van der Waals surface area contributed by atoms with Gasteiger partial charge < -0.3 is 15.4 Å². The molecule has 1 fully saturated rings. The number of carbonyl (C=O) groups excluding carboxylic acids is 2. The van der Waals surface area contributed by atoms with Crippen molar-refractivity contribution >= 4 is 23.6 Å². The van der Waals surface area contributed by atoms with Crippen LogP contribution in [0.1, 0.15) is 50.3 Å². The van der Waals surface area contributed by atoms with E-state index in [-0.39, 0.29) is 23.8 Å². The fourth-order valence-corrected chi connectivity index (χ4v) is 2.86. The quantitative estimate of drug-likeness (QED) is 0.607. The molecule has 29 heavy (non-hydrogen) atoms. The lowest BCUT2D eigenvalue weighted by atomic mass is 10.1. The molecule has 0 saturated heterocycles. The maximum Gasteiger partial charge on any atom is 0.244 e. The average Bonchev–Trinajstić information content (AvgIpc) is 3.57. The molecule has 0 radical (unpaired) electrons. The van der Waals surface area contributed by atoms with Crippen molar-refractivity contribution in [2.24, 2.45) is 5.92 Å². The highest BCUT2D eigenvalue weighted by Gasteiger charge is 2.29. The van der Waals surface area contributed by atoms with Crippen molar-refractivity contribution in [3.63, 3.8) is 0 Å². The van der Waals surface area contributed by atoms with Crippen LogP contribution in [-0.2, 0) is 9.59 Å². The topological polar surface area (TPSA) is 67.4 Å². The molecule has 2 aromatic carbocycles. The number of hydrogen-bond acceptors (Lipinski definition) is 3. The molecule has 3 rings (SSSR count). The Hall–Kier alpha value is -3.08. The Bertz CT molecular complexity index is 853. The van der Waals surface area contributed by atoms with E-state index < -0.39 is 0 Å². The zero-order chi connectivity index (χ0) is 20.6. The van der Waals surface area contributed by atoms with Gasteiger partial charge in [-0.25, -0.2) is 0 Å². The molecule has 2 N–H and O–H groups in total. The molecule has 0 aliphatic heterocycles. The summed E-state index contributed by atoms with van der Waals surface area (Å²) in [6.45, 7) is 4.70. The molecule has 152 valence electrons. The first-order chi connectivity index (χ1) is 14.0. The number of ether oxygens (including phenoxy) is 1. The van der Waals surface area contributed by atoms with E-state index >= 15 is 0 Å². The van der Waals surface area contributed by atoms with Crippen LogP contribution < -0.4 is 15.4 Å². The van der Waals surface area contributed by atoms with E-state index in [0.717, 1.165) is 41.8 Å². The van der Waals surface area contributed by atoms with Gasteiger partial charge in [-0.3, -0.25) is 9.59 Å². The second-order valence-corrected chi connectivity index (χ2v) is 7.37. The highest BCUT2D eigenvalue weighted by atomic mass is 16.5. The maximum atomic E-state index is 12.2. The molecule has 1 aliphatic carbocycles. The van der Waals surface area contributed by atoms with E-state index in [0.29, 0.717) is 6.61 Å². The molecule has 2 amide bonds. The van der Waals surface area contributed by atoms with Crippen molar-refractivity contribution in [1.29, 1.82) is 0 Å². The molecule has 1 atom stereocenters. The molecule has 0 aromatic heterocycles. The Morgan fingerprint density at radius 3 is 2.41 bits per heavy atom. The zero-order valence-electron chi connectivity index (χ0n) is 17.0. The fourth-order valence-electron chi connectivity index (χ4n) is 2.86. The Kier molecular flexibility index (Phi) is 7.06. The second-order valence-electron chi connectivity index (χ2n) is 7.37. The smallest absolute Gasteiger partial charge is 0.244 e. The summed E-state index contributed by atoms with van der Waals surface area (Å²) in [5.41, 5.74) is 2.71. The summed E-state index contributed by atoms with van der Waals surface area (Å²) in [6, 6.07) is 15.1. The standard InChI is InChI=1S/C24H28N2O3/c1-3-16-29-22-13-4-18(5-14-22)6-15-23(27)25-17(2)19-9-11-21(12-10-19)26-24(28)20-7-8-20/h4-6,9-15,17,20H,3,7-8,16H2,1-2H3,(H,25,27)(H,26,28)/b15-6+. The van der Waals surface area contributed by atoms with Gasteiger partial charge in [0.1, 0.15) is 5.75 Å². The van der Waals surface area contributed by atoms with E-state index in [1.165, 1.54) is 6.08 Å². The summed E-state index contributed by atoms with van der Waals surface area (Å²) in [7, 11) is 0. The van der Waals surface area contributed by atoms with Gasteiger partial charge in [0.2, 0.25) is 11.8 Å². The molecule has 0 bridgehead atoms. The molecule has 5 nitrogen and oxygen atoms in total. The fraction of sp³-hybridized carbons (Fsp3) is 0.333. The van der Waals surface area contributed by atoms with Gasteiger partial charge >= 0.3 is 0 Å². The summed E-state index contributed by atoms with van der Waals surface area (Å²) in [5.74, 6) is 0.947. The summed E-state index contributed by atoms with van der Waals surface area (Å²) in [6.07, 6.45) is 6.25. The van der Waals surface area contributed by atoms with Crippen LogP contribution >= 0.6 is 0 Å².